The van der Waals surface area contributed by atoms with E-state index >= 15 is 0 Å². The van der Waals surface area contributed by atoms with Gasteiger partial charge in [0, 0.05) is 39.6 Å². The fourth-order valence-corrected chi connectivity index (χ4v) is 3.28. The van der Waals surface area contributed by atoms with Crippen LogP contribution in [0, 0.1) is 18.3 Å². The predicted octanol–water partition coefficient (Wildman–Crippen LogP) is 1.82. The van der Waals surface area contributed by atoms with Crippen molar-refractivity contribution in [2.45, 2.75) is 13.0 Å². The molecule has 0 aliphatic carbocycles. The summed E-state index contributed by atoms with van der Waals surface area (Å²) in [5.41, 5.74) is 0.367. The van der Waals surface area contributed by atoms with E-state index in [4.69, 9.17) is 13.9 Å². The number of ether oxygens (including phenoxy) is 2. The summed E-state index contributed by atoms with van der Waals surface area (Å²) in [6.07, 6.45) is 0.0312. The molecule has 1 atom stereocenters. The Hall–Kier alpha value is -2.72. The Kier molecular flexibility index (Phi) is 4.20. The number of hydrogen-bond donors (Lipinski definition) is 0. The van der Waals surface area contributed by atoms with Crippen molar-refractivity contribution in [2.75, 3.05) is 44.2 Å². The summed E-state index contributed by atoms with van der Waals surface area (Å²) in [6.45, 7) is 6.51. The standard InChI is InChI=1S/C18H20N4O3/c1-13-20-15(10-19)18(24-13)22-8-6-21(7-9-22)11-14-12-23-16-4-2-3-5-17(16)25-14/h2-5,14H,6-9,11-12H2,1H3/t14-/m0/s1. The van der Waals surface area contributed by atoms with Gasteiger partial charge in [0.1, 0.15) is 18.8 Å². The van der Waals surface area contributed by atoms with Crippen LogP contribution in [0.5, 0.6) is 11.5 Å². The van der Waals surface area contributed by atoms with E-state index in [1.54, 1.807) is 6.92 Å². The van der Waals surface area contributed by atoms with E-state index in [0.717, 1.165) is 44.2 Å². The van der Waals surface area contributed by atoms with Crippen molar-refractivity contribution in [1.82, 2.24) is 9.88 Å². The highest BCUT2D eigenvalue weighted by Gasteiger charge is 2.27. The van der Waals surface area contributed by atoms with E-state index in [0.29, 0.717) is 24.1 Å². The Morgan fingerprint density at radius 3 is 2.72 bits per heavy atom. The Morgan fingerprint density at radius 2 is 1.96 bits per heavy atom. The molecule has 2 aliphatic heterocycles. The van der Waals surface area contributed by atoms with Gasteiger partial charge in [-0.2, -0.15) is 5.26 Å². The maximum atomic E-state index is 9.17. The predicted molar refractivity (Wildman–Crippen MR) is 91.0 cm³/mol. The van der Waals surface area contributed by atoms with Gasteiger partial charge >= 0.3 is 0 Å². The highest BCUT2D eigenvalue weighted by atomic mass is 16.6. The number of rotatable bonds is 3. The number of para-hydroxylation sites is 2. The van der Waals surface area contributed by atoms with Gasteiger partial charge in [-0.25, -0.2) is 4.98 Å². The van der Waals surface area contributed by atoms with Crippen molar-refractivity contribution in [3.8, 4) is 17.6 Å². The number of nitrogens with zero attached hydrogens (tertiary/aromatic N) is 4. The highest BCUT2D eigenvalue weighted by Crippen LogP contribution is 2.31. The SMILES string of the molecule is Cc1nc(C#N)c(N2CCN(C[C@H]3COc4ccccc4O3)CC2)o1. The molecule has 0 spiro atoms. The zero-order valence-corrected chi connectivity index (χ0v) is 14.1. The van der Waals surface area contributed by atoms with Crippen LogP contribution < -0.4 is 14.4 Å². The number of fused-ring (bicyclic) bond motifs is 1. The zero-order valence-electron chi connectivity index (χ0n) is 14.1. The Labute approximate surface area is 146 Å². The van der Waals surface area contributed by atoms with Crippen LogP contribution in [0.4, 0.5) is 5.88 Å². The first-order chi connectivity index (χ1) is 12.2. The first-order valence-corrected chi connectivity index (χ1v) is 8.46. The molecule has 0 bridgehead atoms. The lowest BCUT2D eigenvalue weighted by Gasteiger charge is -2.37. The van der Waals surface area contributed by atoms with E-state index in [-0.39, 0.29) is 6.10 Å². The van der Waals surface area contributed by atoms with E-state index in [2.05, 4.69) is 20.9 Å². The average molecular weight is 340 g/mol. The van der Waals surface area contributed by atoms with Crippen LogP contribution in [-0.2, 0) is 0 Å². The molecule has 3 heterocycles. The minimum Gasteiger partial charge on any atom is -0.486 e. The maximum absolute atomic E-state index is 9.17. The minimum absolute atomic E-state index is 0.0312. The third-order valence-electron chi connectivity index (χ3n) is 4.51. The minimum atomic E-state index is 0.0312. The van der Waals surface area contributed by atoms with Crippen molar-refractivity contribution in [1.29, 1.82) is 5.26 Å². The number of nitriles is 1. The van der Waals surface area contributed by atoms with Gasteiger partial charge in [-0.05, 0) is 12.1 Å². The number of benzene rings is 1. The van der Waals surface area contributed by atoms with Crippen molar-refractivity contribution < 1.29 is 13.9 Å². The monoisotopic (exact) mass is 340 g/mol. The fourth-order valence-electron chi connectivity index (χ4n) is 3.28. The molecule has 4 rings (SSSR count). The van der Waals surface area contributed by atoms with Crippen LogP contribution in [0.3, 0.4) is 0 Å². The van der Waals surface area contributed by atoms with E-state index in [1.807, 2.05) is 24.3 Å². The summed E-state index contributed by atoms with van der Waals surface area (Å²) in [5, 5.41) is 9.17. The fraction of sp³-hybridized carbons (Fsp3) is 0.444. The third kappa shape index (κ3) is 3.26. The van der Waals surface area contributed by atoms with Gasteiger partial charge in [-0.1, -0.05) is 12.1 Å². The topological polar surface area (TPSA) is 74.8 Å². The molecule has 0 unspecified atom stereocenters. The van der Waals surface area contributed by atoms with Gasteiger partial charge < -0.3 is 18.8 Å². The Bertz CT molecular complexity index is 790. The second kappa shape index (κ2) is 6.65. The van der Waals surface area contributed by atoms with Crippen LogP contribution in [0.25, 0.3) is 0 Å². The van der Waals surface area contributed by atoms with E-state index < -0.39 is 0 Å². The molecule has 0 amide bonds. The molecule has 2 aliphatic rings. The van der Waals surface area contributed by atoms with Gasteiger partial charge in [0.05, 0.1) is 0 Å². The first-order valence-electron chi connectivity index (χ1n) is 8.46. The summed E-state index contributed by atoms with van der Waals surface area (Å²) in [5.74, 6) is 2.74. The maximum Gasteiger partial charge on any atom is 0.234 e. The smallest absolute Gasteiger partial charge is 0.234 e. The summed E-state index contributed by atoms with van der Waals surface area (Å²) in [4.78, 5) is 8.56. The van der Waals surface area contributed by atoms with Crippen molar-refractivity contribution >= 4 is 5.88 Å². The molecular formula is C18H20N4O3. The van der Waals surface area contributed by atoms with Crippen LogP contribution in [0.2, 0.25) is 0 Å². The Balaban J connectivity index is 1.33. The molecule has 2 aromatic rings. The van der Waals surface area contributed by atoms with Crippen molar-refractivity contribution in [3.63, 3.8) is 0 Å². The number of aryl methyl sites for hydroxylation is 1. The van der Waals surface area contributed by atoms with Gasteiger partial charge in [0.15, 0.2) is 17.4 Å². The van der Waals surface area contributed by atoms with Gasteiger partial charge in [0.2, 0.25) is 11.6 Å². The van der Waals surface area contributed by atoms with Crippen LogP contribution in [0.1, 0.15) is 11.6 Å². The first kappa shape index (κ1) is 15.8. The van der Waals surface area contributed by atoms with Crippen LogP contribution in [0.15, 0.2) is 28.7 Å². The summed E-state index contributed by atoms with van der Waals surface area (Å²) < 4.78 is 17.4. The molecule has 0 radical (unpaired) electrons. The molecule has 1 fully saturated rings. The largest absolute Gasteiger partial charge is 0.486 e. The van der Waals surface area contributed by atoms with E-state index in [9.17, 15) is 5.26 Å². The second-order valence-corrected chi connectivity index (χ2v) is 6.28. The van der Waals surface area contributed by atoms with Gasteiger partial charge in [-0.15, -0.1) is 0 Å². The molecule has 0 saturated carbocycles. The molecule has 7 heteroatoms. The van der Waals surface area contributed by atoms with Gasteiger partial charge in [-0.3, -0.25) is 4.90 Å². The lowest BCUT2D eigenvalue weighted by Crippen LogP contribution is -2.50. The van der Waals surface area contributed by atoms with Crippen LogP contribution >= 0.6 is 0 Å². The molecule has 7 nitrogen and oxygen atoms in total. The lowest BCUT2D eigenvalue weighted by atomic mass is 10.2. The Morgan fingerprint density at radius 1 is 1.20 bits per heavy atom. The zero-order chi connectivity index (χ0) is 17.2. The highest BCUT2D eigenvalue weighted by molar-refractivity contribution is 5.48. The summed E-state index contributed by atoms with van der Waals surface area (Å²) >= 11 is 0. The molecule has 130 valence electrons. The second-order valence-electron chi connectivity index (χ2n) is 6.28. The normalized spacial score (nSPS) is 20.3. The van der Waals surface area contributed by atoms with E-state index in [1.165, 1.54) is 0 Å². The van der Waals surface area contributed by atoms with Crippen LogP contribution in [-0.4, -0.2) is 55.3 Å². The number of piperazine rings is 1. The number of anilines is 1. The van der Waals surface area contributed by atoms with Gasteiger partial charge in [0.25, 0.3) is 0 Å². The van der Waals surface area contributed by atoms with Crippen molar-refractivity contribution in [3.05, 3.63) is 35.9 Å². The summed E-state index contributed by atoms with van der Waals surface area (Å²) in [6, 6.07) is 9.87. The third-order valence-corrected chi connectivity index (χ3v) is 4.51. The quantitative estimate of drug-likeness (QED) is 0.843. The molecule has 1 aromatic heterocycles. The molecule has 0 N–H and O–H groups in total. The average Bonchev–Trinajstić information content (AvgIpc) is 3.03. The molecule has 25 heavy (non-hydrogen) atoms. The molecular weight excluding hydrogens is 320 g/mol. The number of hydrogen-bond acceptors (Lipinski definition) is 7. The summed E-state index contributed by atoms with van der Waals surface area (Å²) in [7, 11) is 0. The van der Waals surface area contributed by atoms with Crippen molar-refractivity contribution in [2.24, 2.45) is 0 Å². The molecule has 1 saturated heterocycles. The number of oxazole rings is 1. The number of aromatic nitrogens is 1. The molecule has 1 aromatic carbocycles. The lowest BCUT2D eigenvalue weighted by molar-refractivity contribution is 0.0569.